The van der Waals surface area contributed by atoms with Crippen molar-refractivity contribution in [3.8, 4) is 5.75 Å². The van der Waals surface area contributed by atoms with E-state index in [2.05, 4.69) is 20.9 Å². The monoisotopic (exact) mass is 443 g/mol. The van der Waals surface area contributed by atoms with Crippen LogP contribution >= 0.6 is 12.2 Å². The lowest BCUT2D eigenvalue weighted by atomic mass is 10.1. The molecule has 0 spiro atoms. The van der Waals surface area contributed by atoms with E-state index in [9.17, 15) is 9.18 Å². The van der Waals surface area contributed by atoms with Gasteiger partial charge in [-0.1, -0.05) is 18.3 Å². The van der Waals surface area contributed by atoms with Crippen molar-refractivity contribution in [2.45, 2.75) is 13.0 Å². The van der Waals surface area contributed by atoms with Gasteiger partial charge in [-0.05, 0) is 38.4 Å². The smallest absolute Gasteiger partial charge is 0.256 e. The number of aromatic nitrogens is 1. The van der Waals surface area contributed by atoms with Crippen LogP contribution in [-0.4, -0.2) is 54.6 Å². The second-order valence-corrected chi connectivity index (χ2v) is 7.72. The maximum Gasteiger partial charge on any atom is 0.256 e. The molecule has 1 amide bonds. The SMILES string of the molecule is CN(C)CCOc1cnccc1CNC1=C(C(=S)Nc2cccc(F)c2)C(=O)NCC1. The minimum Gasteiger partial charge on any atom is -0.490 e. The maximum absolute atomic E-state index is 13.5. The minimum atomic E-state index is -0.382. The van der Waals surface area contributed by atoms with Gasteiger partial charge in [-0.3, -0.25) is 9.78 Å². The third-order valence-electron chi connectivity index (χ3n) is 4.66. The number of amides is 1. The number of benzene rings is 1. The molecular formula is C22H26FN5O2S. The predicted octanol–water partition coefficient (Wildman–Crippen LogP) is 2.46. The number of rotatable bonds is 9. The Morgan fingerprint density at radius 3 is 2.97 bits per heavy atom. The van der Waals surface area contributed by atoms with Gasteiger partial charge in [0, 0.05) is 49.2 Å². The number of hydrogen-bond acceptors (Lipinski definition) is 6. The van der Waals surface area contributed by atoms with Crippen molar-refractivity contribution in [2.24, 2.45) is 0 Å². The fourth-order valence-corrected chi connectivity index (χ4v) is 3.39. The summed E-state index contributed by atoms with van der Waals surface area (Å²) in [5.74, 6) is 0.0484. The van der Waals surface area contributed by atoms with E-state index in [0.29, 0.717) is 43.1 Å². The molecule has 0 atom stereocenters. The highest BCUT2D eigenvalue weighted by molar-refractivity contribution is 7.81. The van der Waals surface area contributed by atoms with E-state index in [-0.39, 0.29) is 16.7 Å². The topological polar surface area (TPSA) is 78.5 Å². The summed E-state index contributed by atoms with van der Waals surface area (Å²) in [5, 5.41) is 9.10. The summed E-state index contributed by atoms with van der Waals surface area (Å²) in [6.07, 6.45) is 3.99. The number of nitrogens with zero attached hydrogens (tertiary/aromatic N) is 2. The van der Waals surface area contributed by atoms with Crippen LogP contribution in [0.5, 0.6) is 5.75 Å². The van der Waals surface area contributed by atoms with Crippen LogP contribution in [0.4, 0.5) is 10.1 Å². The zero-order valence-electron chi connectivity index (χ0n) is 17.6. The molecule has 0 radical (unpaired) electrons. The van der Waals surface area contributed by atoms with Crippen LogP contribution in [0.15, 0.2) is 54.0 Å². The molecule has 3 N–H and O–H groups in total. The third-order valence-corrected chi connectivity index (χ3v) is 4.96. The van der Waals surface area contributed by atoms with Crippen LogP contribution in [0.25, 0.3) is 0 Å². The summed E-state index contributed by atoms with van der Waals surface area (Å²) < 4.78 is 19.3. The summed E-state index contributed by atoms with van der Waals surface area (Å²) in [6.45, 7) is 2.30. The normalized spacial score (nSPS) is 13.7. The molecule has 1 aliphatic rings. The van der Waals surface area contributed by atoms with E-state index in [1.807, 2.05) is 25.1 Å². The molecule has 0 aliphatic carbocycles. The molecule has 9 heteroatoms. The van der Waals surface area contributed by atoms with Crippen molar-refractivity contribution in [1.29, 1.82) is 0 Å². The molecule has 2 heterocycles. The molecule has 7 nitrogen and oxygen atoms in total. The Bertz CT molecular complexity index is 980. The summed E-state index contributed by atoms with van der Waals surface area (Å²) in [5.41, 5.74) is 2.50. The lowest BCUT2D eigenvalue weighted by molar-refractivity contribution is -0.117. The molecule has 0 saturated carbocycles. The van der Waals surface area contributed by atoms with E-state index in [0.717, 1.165) is 17.8 Å². The van der Waals surface area contributed by atoms with E-state index < -0.39 is 0 Å². The van der Waals surface area contributed by atoms with Crippen molar-refractivity contribution in [3.05, 3.63) is 65.4 Å². The van der Waals surface area contributed by atoms with Gasteiger partial charge in [0.15, 0.2) is 0 Å². The molecule has 0 saturated heterocycles. The standard InChI is InChI=1S/C22H26FN5O2S/c1-28(2)10-11-30-19-14-24-8-6-15(19)13-26-18-7-9-25-21(29)20(18)22(31)27-17-5-3-4-16(23)12-17/h3-6,8,12,14,26H,7,9-11,13H2,1-2H3,(H,25,29)(H,27,31). The van der Waals surface area contributed by atoms with Gasteiger partial charge in [-0.2, -0.15) is 0 Å². The molecule has 0 unspecified atom stereocenters. The van der Waals surface area contributed by atoms with Gasteiger partial charge >= 0.3 is 0 Å². The molecule has 1 aromatic carbocycles. The van der Waals surface area contributed by atoms with E-state index in [4.69, 9.17) is 17.0 Å². The molecule has 164 valence electrons. The van der Waals surface area contributed by atoms with Crippen LogP contribution in [0.3, 0.4) is 0 Å². The Morgan fingerprint density at radius 1 is 1.35 bits per heavy atom. The number of carbonyl (C=O) groups is 1. The van der Waals surface area contributed by atoms with Crippen molar-refractivity contribution in [2.75, 3.05) is 39.1 Å². The average Bonchev–Trinajstić information content (AvgIpc) is 2.72. The highest BCUT2D eigenvalue weighted by Gasteiger charge is 2.24. The first-order valence-corrected chi connectivity index (χ1v) is 10.4. The van der Waals surface area contributed by atoms with Crippen LogP contribution in [0.2, 0.25) is 0 Å². The van der Waals surface area contributed by atoms with E-state index >= 15 is 0 Å². The van der Waals surface area contributed by atoms with Gasteiger partial charge in [0.2, 0.25) is 0 Å². The molecule has 0 bridgehead atoms. The lowest BCUT2D eigenvalue weighted by Gasteiger charge is -2.23. The summed E-state index contributed by atoms with van der Waals surface area (Å²) in [6, 6.07) is 7.83. The summed E-state index contributed by atoms with van der Waals surface area (Å²) in [4.78, 5) is 19.0. The van der Waals surface area contributed by atoms with Crippen LogP contribution < -0.4 is 20.7 Å². The highest BCUT2D eigenvalue weighted by Crippen LogP contribution is 2.20. The molecule has 2 aromatic rings. The summed E-state index contributed by atoms with van der Waals surface area (Å²) >= 11 is 5.46. The molecule has 3 rings (SSSR count). The molecule has 1 aromatic heterocycles. The number of carbonyl (C=O) groups excluding carboxylic acids is 1. The number of nitrogens with one attached hydrogen (secondary N) is 3. The Labute approximate surface area is 186 Å². The first kappa shape index (κ1) is 22.6. The van der Waals surface area contributed by atoms with Crippen molar-refractivity contribution in [3.63, 3.8) is 0 Å². The molecule has 31 heavy (non-hydrogen) atoms. The zero-order valence-corrected chi connectivity index (χ0v) is 18.4. The van der Waals surface area contributed by atoms with Gasteiger partial charge in [-0.15, -0.1) is 0 Å². The maximum atomic E-state index is 13.5. The van der Waals surface area contributed by atoms with Crippen LogP contribution in [0, 0.1) is 5.82 Å². The Hall–Kier alpha value is -3.04. The molecule has 0 fully saturated rings. The van der Waals surface area contributed by atoms with Crippen molar-refractivity contribution in [1.82, 2.24) is 20.5 Å². The third kappa shape index (κ3) is 6.47. The Balaban J connectivity index is 1.74. The largest absolute Gasteiger partial charge is 0.490 e. The fraction of sp³-hybridized carbons (Fsp3) is 0.318. The van der Waals surface area contributed by atoms with Crippen LogP contribution in [0.1, 0.15) is 12.0 Å². The van der Waals surface area contributed by atoms with Gasteiger partial charge in [0.25, 0.3) is 5.91 Å². The Kier molecular flexibility index (Phi) is 7.91. The predicted molar refractivity (Wildman–Crippen MR) is 122 cm³/mol. The zero-order chi connectivity index (χ0) is 22.2. The highest BCUT2D eigenvalue weighted by atomic mass is 32.1. The lowest BCUT2D eigenvalue weighted by Crippen LogP contribution is -2.39. The number of pyridine rings is 1. The van der Waals surface area contributed by atoms with Gasteiger partial charge in [0.05, 0.1) is 11.8 Å². The second-order valence-electron chi connectivity index (χ2n) is 7.31. The van der Waals surface area contributed by atoms with Crippen molar-refractivity contribution < 1.29 is 13.9 Å². The second kappa shape index (κ2) is 10.8. The quantitative estimate of drug-likeness (QED) is 0.514. The first-order valence-electron chi connectivity index (χ1n) is 9.96. The number of likely N-dealkylation sites (N-methyl/N-ethyl adjacent to an activating group) is 1. The van der Waals surface area contributed by atoms with Crippen LogP contribution in [-0.2, 0) is 11.3 Å². The minimum absolute atomic E-state index is 0.238. The molecule has 1 aliphatic heterocycles. The number of halogens is 1. The summed E-state index contributed by atoms with van der Waals surface area (Å²) in [7, 11) is 3.97. The molecular weight excluding hydrogens is 417 g/mol. The van der Waals surface area contributed by atoms with Gasteiger partial charge in [-0.25, -0.2) is 4.39 Å². The number of thiocarbonyl (C=S) groups is 1. The number of hydrogen-bond donors (Lipinski definition) is 3. The van der Waals surface area contributed by atoms with E-state index in [1.165, 1.54) is 12.1 Å². The van der Waals surface area contributed by atoms with E-state index in [1.54, 1.807) is 24.5 Å². The Morgan fingerprint density at radius 2 is 2.19 bits per heavy atom. The van der Waals surface area contributed by atoms with Gasteiger partial charge < -0.3 is 25.6 Å². The first-order chi connectivity index (χ1) is 14.9. The fourth-order valence-electron chi connectivity index (χ4n) is 3.05. The average molecular weight is 444 g/mol. The van der Waals surface area contributed by atoms with Crippen molar-refractivity contribution >= 4 is 28.8 Å². The number of anilines is 1. The van der Waals surface area contributed by atoms with Gasteiger partial charge in [0.1, 0.15) is 23.2 Å². The number of ether oxygens (including phenoxy) is 1.